The van der Waals surface area contributed by atoms with E-state index in [2.05, 4.69) is 181 Å². The molecule has 0 saturated carbocycles. The van der Waals surface area contributed by atoms with Gasteiger partial charge >= 0.3 is 0 Å². The highest BCUT2D eigenvalue weighted by Gasteiger charge is 2.26. The van der Waals surface area contributed by atoms with Crippen molar-refractivity contribution < 1.29 is 8.83 Å². The maximum Gasteiger partial charge on any atom is 0.160 e. The molecule has 0 saturated heterocycles. The largest absolute Gasteiger partial charge is 0.455 e. The number of benzene rings is 9. The van der Waals surface area contributed by atoms with Gasteiger partial charge in [-0.3, -0.25) is 0 Å². The van der Waals surface area contributed by atoms with Crippen molar-refractivity contribution in [3.63, 3.8) is 0 Å². The normalized spacial score (nSPS) is 17.4. The van der Waals surface area contributed by atoms with E-state index in [0.717, 1.165) is 95.1 Å². The topological polar surface area (TPSA) is 55.9 Å². The Morgan fingerprint density at radius 1 is 0.468 bits per heavy atom. The van der Waals surface area contributed by atoms with E-state index in [1.54, 1.807) is 0 Å². The van der Waals surface area contributed by atoms with Gasteiger partial charge < -0.3 is 13.4 Å². The summed E-state index contributed by atoms with van der Waals surface area (Å²) in [6.07, 6.45) is 3.02. The van der Waals surface area contributed by atoms with Crippen LogP contribution in [0.15, 0.2) is 207 Å². The third-order valence-electron chi connectivity index (χ3n) is 12.9. The van der Waals surface area contributed by atoms with Gasteiger partial charge in [0.2, 0.25) is 0 Å². The zero-order valence-electron chi connectivity index (χ0n) is 33.8. The Kier molecular flexibility index (Phi) is 7.58. The van der Waals surface area contributed by atoms with E-state index in [-0.39, 0.29) is 5.92 Å². The van der Waals surface area contributed by atoms with Gasteiger partial charge in [0.25, 0.3) is 0 Å². The van der Waals surface area contributed by atoms with Crippen molar-refractivity contribution in [3.8, 4) is 5.69 Å². The molecule has 0 bridgehead atoms. The van der Waals surface area contributed by atoms with Gasteiger partial charge in [-0.05, 0) is 76.5 Å². The van der Waals surface area contributed by atoms with Gasteiger partial charge in [-0.15, -0.1) is 0 Å². The quantitative estimate of drug-likeness (QED) is 0.178. The predicted molar refractivity (Wildman–Crippen MR) is 258 cm³/mol. The summed E-state index contributed by atoms with van der Waals surface area (Å²) in [5.41, 5.74) is 11.2. The standard InChI is InChI=1S/C57H37N3O2/c1-34-28-30-47(43-24-13-23-42-40-20-7-10-26-51(40)61-55(42)43)58-57(59-54(34)41-22-12-17-35-14-4-5-18-38(35)41)45-29-31-49(56-53(45)44-21-8-11-27-52(44)62-56)60-48-25-9-6-19-39(48)46-32-36-15-2-3-16-37(36)33-50(46)60/h2-27,29-34H,28H2,1H3/b47-30+,58-57-,59-54+. The van der Waals surface area contributed by atoms with E-state index in [9.17, 15) is 0 Å². The molecule has 3 aromatic heterocycles. The third-order valence-corrected chi connectivity index (χ3v) is 12.9. The fourth-order valence-electron chi connectivity index (χ4n) is 9.91. The zero-order valence-corrected chi connectivity index (χ0v) is 33.8. The van der Waals surface area contributed by atoms with E-state index in [0.29, 0.717) is 5.84 Å². The average Bonchev–Trinajstić information content (AvgIpc) is 4.00. The van der Waals surface area contributed by atoms with Gasteiger partial charge in [0, 0.05) is 54.9 Å². The predicted octanol–water partition coefficient (Wildman–Crippen LogP) is 15.2. The molecule has 4 heterocycles. The Hall–Kier alpha value is -8.02. The second-order valence-electron chi connectivity index (χ2n) is 16.5. The SMILES string of the molecule is CC1C/C=C(c2cccc3c2oc2ccccc23)/N=C(c2ccc(-n3c4ccccc4c4cc5ccccc5cc43)c3oc4ccccc4c23)\N=C/1c1cccc2ccccc12. The number of hydrogen-bond donors (Lipinski definition) is 0. The number of amidine groups is 1. The number of nitrogens with zero attached hydrogens (tertiary/aromatic N) is 3. The Bertz CT molecular complexity index is 3920. The number of rotatable bonds is 4. The minimum Gasteiger partial charge on any atom is -0.455 e. The second-order valence-corrected chi connectivity index (χ2v) is 16.5. The lowest BCUT2D eigenvalue weighted by Gasteiger charge is -2.20. The first-order chi connectivity index (χ1) is 30.7. The molecule has 1 atom stereocenters. The van der Waals surface area contributed by atoms with E-state index in [1.807, 2.05) is 18.2 Å². The Morgan fingerprint density at radius 2 is 1.10 bits per heavy atom. The molecule has 0 fully saturated rings. The maximum absolute atomic E-state index is 7.02. The molecule has 1 unspecified atom stereocenters. The average molecular weight is 796 g/mol. The summed E-state index contributed by atoms with van der Waals surface area (Å²) in [6.45, 7) is 2.28. The van der Waals surface area contributed by atoms with Crippen LogP contribution in [0, 0.1) is 5.92 Å². The highest BCUT2D eigenvalue weighted by Crippen LogP contribution is 2.42. The highest BCUT2D eigenvalue weighted by atomic mass is 16.3. The van der Waals surface area contributed by atoms with E-state index in [1.165, 1.54) is 32.3 Å². The monoisotopic (exact) mass is 795 g/mol. The van der Waals surface area contributed by atoms with Crippen LogP contribution in [-0.2, 0) is 0 Å². The third kappa shape index (κ3) is 5.21. The van der Waals surface area contributed by atoms with Crippen LogP contribution >= 0.6 is 0 Å². The lowest BCUT2D eigenvalue weighted by molar-refractivity contribution is 0.666. The van der Waals surface area contributed by atoms with Crippen molar-refractivity contribution in [1.82, 2.24) is 4.57 Å². The van der Waals surface area contributed by atoms with Crippen molar-refractivity contribution in [2.75, 3.05) is 0 Å². The lowest BCUT2D eigenvalue weighted by Crippen LogP contribution is -2.17. The molecule has 12 aromatic rings. The molecule has 9 aromatic carbocycles. The van der Waals surface area contributed by atoms with Crippen LogP contribution in [0.25, 0.3) is 98.6 Å². The van der Waals surface area contributed by atoms with Crippen LogP contribution in [0.3, 0.4) is 0 Å². The van der Waals surface area contributed by atoms with E-state index in [4.69, 9.17) is 18.8 Å². The Labute approximate surface area is 356 Å². The summed E-state index contributed by atoms with van der Waals surface area (Å²) in [6, 6.07) is 64.3. The minimum atomic E-state index is 0.0690. The summed E-state index contributed by atoms with van der Waals surface area (Å²) in [5, 5.41) is 11.3. The summed E-state index contributed by atoms with van der Waals surface area (Å²) < 4.78 is 16.0. The summed E-state index contributed by atoms with van der Waals surface area (Å²) in [4.78, 5) is 11.3. The molecule has 0 radical (unpaired) electrons. The number of aromatic nitrogens is 1. The van der Waals surface area contributed by atoms with Crippen LogP contribution in [0.1, 0.15) is 30.0 Å². The summed E-state index contributed by atoms with van der Waals surface area (Å²) >= 11 is 0. The molecular formula is C57H37N3O2. The van der Waals surface area contributed by atoms with Gasteiger partial charge in [0.1, 0.15) is 16.7 Å². The molecule has 0 amide bonds. The van der Waals surface area contributed by atoms with Crippen LogP contribution < -0.4 is 0 Å². The number of hydrogen-bond acceptors (Lipinski definition) is 4. The molecule has 0 N–H and O–H groups in total. The molecular weight excluding hydrogens is 759 g/mol. The first kappa shape index (κ1) is 34.8. The van der Waals surface area contributed by atoms with Crippen molar-refractivity contribution >= 4 is 104 Å². The highest BCUT2D eigenvalue weighted by molar-refractivity contribution is 6.26. The van der Waals surface area contributed by atoms with Crippen molar-refractivity contribution in [3.05, 3.63) is 205 Å². The number of allylic oxidation sites excluding steroid dienone is 1. The molecule has 5 nitrogen and oxygen atoms in total. The molecule has 5 heteroatoms. The number of furan rings is 2. The lowest BCUT2D eigenvalue weighted by atomic mass is 9.90. The van der Waals surface area contributed by atoms with Gasteiger partial charge in [-0.1, -0.05) is 146 Å². The molecule has 292 valence electrons. The Balaban J connectivity index is 1.12. The second kappa shape index (κ2) is 13.5. The zero-order chi connectivity index (χ0) is 40.9. The van der Waals surface area contributed by atoms with Crippen LogP contribution in [0.4, 0.5) is 0 Å². The van der Waals surface area contributed by atoms with Gasteiger partial charge in [0.05, 0.1) is 28.1 Å². The first-order valence-corrected chi connectivity index (χ1v) is 21.3. The van der Waals surface area contributed by atoms with Gasteiger partial charge in [-0.2, -0.15) is 0 Å². The number of para-hydroxylation sites is 4. The molecule has 62 heavy (non-hydrogen) atoms. The molecule has 1 aliphatic rings. The van der Waals surface area contributed by atoms with Gasteiger partial charge in [0.15, 0.2) is 11.4 Å². The van der Waals surface area contributed by atoms with Crippen LogP contribution in [0.5, 0.6) is 0 Å². The Morgan fingerprint density at radius 3 is 1.95 bits per heavy atom. The summed E-state index contributed by atoms with van der Waals surface area (Å²) in [5.74, 6) is 0.689. The first-order valence-electron chi connectivity index (χ1n) is 21.3. The maximum atomic E-state index is 7.02. The fourth-order valence-corrected chi connectivity index (χ4v) is 9.91. The molecule has 13 rings (SSSR count). The van der Waals surface area contributed by atoms with E-state index >= 15 is 0 Å². The van der Waals surface area contributed by atoms with Crippen molar-refractivity contribution in [2.24, 2.45) is 15.9 Å². The molecule has 1 aliphatic heterocycles. The minimum absolute atomic E-state index is 0.0690. The number of aliphatic imine (C=N–C) groups is 2. The summed E-state index contributed by atoms with van der Waals surface area (Å²) in [7, 11) is 0. The van der Waals surface area contributed by atoms with Crippen molar-refractivity contribution in [1.29, 1.82) is 0 Å². The van der Waals surface area contributed by atoms with Crippen molar-refractivity contribution in [2.45, 2.75) is 13.3 Å². The molecule has 0 aliphatic carbocycles. The fraction of sp³-hybridized carbons (Fsp3) is 0.0526. The molecule has 0 spiro atoms. The van der Waals surface area contributed by atoms with E-state index < -0.39 is 0 Å². The van der Waals surface area contributed by atoms with Crippen LogP contribution in [0.2, 0.25) is 0 Å². The smallest absolute Gasteiger partial charge is 0.160 e. The van der Waals surface area contributed by atoms with Crippen LogP contribution in [-0.4, -0.2) is 16.1 Å². The number of fused-ring (bicyclic) bond motifs is 11. The van der Waals surface area contributed by atoms with Gasteiger partial charge in [-0.25, -0.2) is 9.98 Å².